The number of rotatable bonds is 6. The molecule has 1 rings (SSSR count). The Labute approximate surface area is 107 Å². The molecule has 3 N–H and O–H groups in total. The minimum atomic E-state index is -0.430. The summed E-state index contributed by atoms with van der Waals surface area (Å²) in [5.74, 6) is -0.430. The summed E-state index contributed by atoms with van der Waals surface area (Å²) in [5.41, 5.74) is 7.47. The van der Waals surface area contributed by atoms with Gasteiger partial charge in [-0.25, -0.2) is 4.79 Å². The van der Waals surface area contributed by atoms with Gasteiger partial charge in [0, 0.05) is 19.8 Å². The van der Waals surface area contributed by atoms with Crippen molar-refractivity contribution in [3.63, 3.8) is 0 Å². The lowest BCUT2D eigenvalue weighted by Crippen LogP contribution is -2.19. The Morgan fingerprint density at radius 2 is 2.17 bits per heavy atom. The first-order valence-electron chi connectivity index (χ1n) is 5.82. The van der Waals surface area contributed by atoms with Crippen molar-refractivity contribution in [2.75, 3.05) is 31.9 Å². The summed E-state index contributed by atoms with van der Waals surface area (Å²) in [6.45, 7) is 2.70. The lowest BCUT2D eigenvalue weighted by molar-refractivity contribution is 0.0602. The van der Waals surface area contributed by atoms with E-state index in [0.717, 1.165) is 12.1 Å². The number of benzene rings is 1. The Kier molecular flexibility index (Phi) is 5.45. The molecule has 1 aromatic carbocycles. The third kappa shape index (κ3) is 3.63. The monoisotopic (exact) mass is 252 g/mol. The van der Waals surface area contributed by atoms with Crippen molar-refractivity contribution in [3.8, 4) is 0 Å². The number of nitrogens with two attached hydrogens (primary N) is 1. The standard InChI is InChI=1S/C13H20N2O3/c1-9(7-8-17-2)15-11-6-4-5-10(12(11)14)13(16)18-3/h4-6,9,15H,7-8,14H2,1-3H3. The fourth-order valence-electron chi connectivity index (χ4n) is 1.61. The van der Waals surface area contributed by atoms with Crippen molar-refractivity contribution in [3.05, 3.63) is 23.8 Å². The van der Waals surface area contributed by atoms with E-state index in [4.69, 9.17) is 10.5 Å². The number of anilines is 2. The Morgan fingerprint density at radius 1 is 1.44 bits per heavy atom. The smallest absolute Gasteiger partial charge is 0.340 e. The molecule has 0 aliphatic rings. The van der Waals surface area contributed by atoms with E-state index in [1.165, 1.54) is 7.11 Å². The molecule has 0 aromatic heterocycles. The second-order valence-electron chi connectivity index (χ2n) is 4.09. The molecule has 0 radical (unpaired) electrons. The summed E-state index contributed by atoms with van der Waals surface area (Å²) in [4.78, 5) is 11.5. The van der Waals surface area contributed by atoms with Crippen molar-refractivity contribution in [2.45, 2.75) is 19.4 Å². The Morgan fingerprint density at radius 3 is 2.78 bits per heavy atom. The van der Waals surface area contributed by atoms with E-state index >= 15 is 0 Å². The highest BCUT2D eigenvalue weighted by molar-refractivity contribution is 5.98. The molecule has 1 atom stereocenters. The van der Waals surface area contributed by atoms with E-state index in [-0.39, 0.29) is 6.04 Å². The van der Waals surface area contributed by atoms with Crippen molar-refractivity contribution in [1.82, 2.24) is 0 Å². The molecule has 0 heterocycles. The molecular formula is C13H20N2O3. The maximum atomic E-state index is 11.5. The zero-order valence-corrected chi connectivity index (χ0v) is 11.0. The van der Waals surface area contributed by atoms with Crippen molar-refractivity contribution >= 4 is 17.3 Å². The van der Waals surface area contributed by atoms with E-state index < -0.39 is 5.97 Å². The Hall–Kier alpha value is -1.75. The van der Waals surface area contributed by atoms with E-state index in [9.17, 15) is 4.79 Å². The summed E-state index contributed by atoms with van der Waals surface area (Å²) in [7, 11) is 3.00. The van der Waals surface area contributed by atoms with Crippen LogP contribution in [-0.2, 0) is 9.47 Å². The first-order valence-corrected chi connectivity index (χ1v) is 5.82. The van der Waals surface area contributed by atoms with Crippen LogP contribution in [0, 0.1) is 0 Å². The van der Waals surface area contributed by atoms with E-state index in [2.05, 4.69) is 10.1 Å². The van der Waals surface area contributed by atoms with Crippen LogP contribution in [0.3, 0.4) is 0 Å². The van der Waals surface area contributed by atoms with Crippen LogP contribution in [0.4, 0.5) is 11.4 Å². The molecule has 0 saturated carbocycles. The van der Waals surface area contributed by atoms with Gasteiger partial charge in [-0.15, -0.1) is 0 Å². The predicted octanol–water partition coefficient (Wildman–Crippen LogP) is 1.89. The highest BCUT2D eigenvalue weighted by Crippen LogP contribution is 2.24. The molecular weight excluding hydrogens is 232 g/mol. The summed E-state index contributed by atoms with van der Waals surface area (Å²) in [6.07, 6.45) is 0.860. The first-order chi connectivity index (χ1) is 8.60. The summed E-state index contributed by atoms with van der Waals surface area (Å²) < 4.78 is 9.69. The van der Waals surface area contributed by atoms with Crippen LogP contribution in [0.25, 0.3) is 0 Å². The quantitative estimate of drug-likeness (QED) is 0.597. The molecule has 0 bridgehead atoms. The van der Waals surface area contributed by atoms with Gasteiger partial charge in [0.15, 0.2) is 0 Å². The zero-order chi connectivity index (χ0) is 13.5. The number of carbonyl (C=O) groups excluding carboxylic acids is 1. The summed E-state index contributed by atoms with van der Waals surface area (Å²) in [6, 6.07) is 5.46. The fraction of sp³-hybridized carbons (Fsp3) is 0.462. The van der Waals surface area contributed by atoms with Gasteiger partial charge in [0.25, 0.3) is 0 Å². The molecule has 0 fully saturated rings. The zero-order valence-electron chi connectivity index (χ0n) is 11.0. The molecule has 18 heavy (non-hydrogen) atoms. The number of para-hydroxylation sites is 1. The van der Waals surface area contributed by atoms with Crippen LogP contribution in [-0.4, -0.2) is 32.8 Å². The number of esters is 1. The molecule has 0 saturated heterocycles. The van der Waals surface area contributed by atoms with Gasteiger partial charge in [0.05, 0.1) is 24.0 Å². The lowest BCUT2D eigenvalue weighted by Gasteiger charge is -2.17. The largest absolute Gasteiger partial charge is 0.465 e. The fourth-order valence-corrected chi connectivity index (χ4v) is 1.61. The number of hydrogen-bond donors (Lipinski definition) is 2. The van der Waals surface area contributed by atoms with Crippen LogP contribution in [0.1, 0.15) is 23.7 Å². The van der Waals surface area contributed by atoms with Gasteiger partial charge in [0.2, 0.25) is 0 Å². The second-order valence-corrected chi connectivity index (χ2v) is 4.09. The number of nitrogens with one attached hydrogen (secondary N) is 1. The number of methoxy groups -OCH3 is 2. The lowest BCUT2D eigenvalue weighted by atomic mass is 10.1. The van der Waals surface area contributed by atoms with Crippen molar-refractivity contribution < 1.29 is 14.3 Å². The minimum Gasteiger partial charge on any atom is -0.465 e. The van der Waals surface area contributed by atoms with Crippen LogP contribution in [0.5, 0.6) is 0 Å². The van der Waals surface area contributed by atoms with Crippen LogP contribution in [0.2, 0.25) is 0 Å². The third-order valence-electron chi connectivity index (χ3n) is 2.67. The molecule has 1 aromatic rings. The van der Waals surface area contributed by atoms with E-state index in [1.807, 2.05) is 13.0 Å². The first kappa shape index (κ1) is 14.3. The normalized spacial score (nSPS) is 11.9. The molecule has 100 valence electrons. The number of nitrogen functional groups attached to an aromatic ring is 1. The molecule has 1 unspecified atom stereocenters. The maximum absolute atomic E-state index is 11.5. The average molecular weight is 252 g/mol. The van der Waals surface area contributed by atoms with Crippen molar-refractivity contribution in [1.29, 1.82) is 0 Å². The summed E-state index contributed by atoms with van der Waals surface area (Å²) >= 11 is 0. The van der Waals surface area contributed by atoms with Gasteiger partial charge >= 0.3 is 5.97 Å². The van der Waals surface area contributed by atoms with E-state index in [1.54, 1.807) is 19.2 Å². The second kappa shape index (κ2) is 6.86. The number of carbonyl (C=O) groups is 1. The topological polar surface area (TPSA) is 73.6 Å². The molecule has 5 heteroatoms. The molecule has 0 amide bonds. The highest BCUT2D eigenvalue weighted by atomic mass is 16.5. The third-order valence-corrected chi connectivity index (χ3v) is 2.67. The van der Waals surface area contributed by atoms with Gasteiger partial charge in [-0.2, -0.15) is 0 Å². The molecule has 0 aliphatic carbocycles. The van der Waals surface area contributed by atoms with Gasteiger partial charge in [0.1, 0.15) is 0 Å². The minimum absolute atomic E-state index is 0.208. The van der Waals surface area contributed by atoms with Crippen molar-refractivity contribution in [2.24, 2.45) is 0 Å². The van der Waals surface area contributed by atoms with Gasteiger partial charge in [-0.3, -0.25) is 0 Å². The average Bonchev–Trinajstić information content (AvgIpc) is 2.38. The van der Waals surface area contributed by atoms with Gasteiger partial charge in [-0.05, 0) is 25.5 Å². The Balaban J connectivity index is 2.80. The van der Waals surface area contributed by atoms with Crippen LogP contribution < -0.4 is 11.1 Å². The van der Waals surface area contributed by atoms with Crippen LogP contribution >= 0.6 is 0 Å². The van der Waals surface area contributed by atoms with E-state index in [0.29, 0.717) is 17.9 Å². The maximum Gasteiger partial charge on any atom is 0.340 e. The molecule has 0 spiro atoms. The van der Waals surface area contributed by atoms with Gasteiger partial charge in [-0.1, -0.05) is 6.07 Å². The molecule has 0 aliphatic heterocycles. The number of ether oxygens (including phenoxy) is 2. The predicted molar refractivity (Wildman–Crippen MR) is 71.8 cm³/mol. The van der Waals surface area contributed by atoms with Gasteiger partial charge < -0.3 is 20.5 Å². The summed E-state index contributed by atoms with van der Waals surface area (Å²) in [5, 5.41) is 3.25. The SMILES string of the molecule is COCCC(C)Nc1cccc(C(=O)OC)c1N. The molecule has 5 nitrogen and oxygen atoms in total. The Bertz CT molecular complexity index is 407. The highest BCUT2D eigenvalue weighted by Gasteiger charge is 2.13. The number of hydrogen-bond acceptors (Lipinski definition) is 5. The van der Waals surface area contributed by atoms with Crippen LogP contribution in [0.15, 0.2) is 18.2 Å².